The number of nitrogens with zero attached hydrogens (tertiary/aromatic N) is 4. The van der Waals surface area contributed by atoms with Crippen molar-refractivity contribution in [1.29, 1.82) is 0 Å². The minimum atomic E-state index is -3.27. The van der Waals surface area contributed by atoms with Gasteiger partial charge in [0.15, 0.2) is 0 Å². The SMILES string of the molecule is Cc1cn(-c2ccc(-c3ncn4c3NS(=O)(=O)CC4)cc2)cn1. The van der Waals surface area contributed by atoms with E-state index in [1.807, 2.05) is 46.5 Å². The molecule has 8 heteroatoms. The molecule has 0 saturated heterocycles. The molecule has 1 aliphatic rings. The zero-order chi connectivity index (χ0) is 16.0. The standard InChI is InChI=1S/C15H15N5O2S/c1-11-8-20(9-16-11)13-4-2-12(3-5-13)14-15-18-23(21,22)7-6-19(15)10-17-14/h2-5,8-10,18H,6-7H2,1H3. The van der Waals surface area contributed by atoms with Crippen LogP contribution in [0.3, 0.4) is 0 Å². The Balaban J connectivity index is 1.71. The van der Waals surface area contributed by atoms with Gasteiger partial charge in [0.05, 0.1) is 24.1 Å². The van der Waals surface area contributed by atoms with Gasteiger partial charge in [-0.25, -0.2) is 18.4 Å². The Labute approximate surface area is 133 Å². The van der Waals surface area contributed by atoms with E-state index < -0.39 is 10.0 Å². The summed E-state index contributed by atoms with van der Waals surface area (Å²) >= 11 is 0. The van der Waals surface area contributed by atoms with Crippen molar-refractivity contribution >= 4 is 15.8 Å². The van der Waals surface area contributed by atoms with Crippen molar-refractivity contribution in [3.8, 4) is 16.9 Å². The van der Waals surface area contributed by atoms with Crippen molar-refractivity contribution in [2.24, 2.45) is 0 Å². The average Bonchev–Trinajstić information content (AvgIpc) is 3.12. The fraction of sp³-hybridized carbons (Fsp3) is 0.200. The van der Waals surface area contributed by atoms with Crippen LogP contribution in [-0.4, -0.2) is 33.3 Å². The lowest BCUT2D eigenvalue weighted by molar-refractivity contribution is 0.588. The Morgan fingerprint density at radius 1 is 1.13 bits per heavy atom. The molecule has 0 saturated carbocycles. The second-order valence-corrected chi connectivity index (χ2v) is 7.37. The van der Waals surface area contributed by atoms with Gasteiger partial charge in [0, 0.05) is 24.0 Å². The summed E-state index contributed by atoms with van der Waals surface area (Å²) < 4.78 is 29.9. The quantitative estimate of drug-likeness (QED) is 0.777. The molecular weight excluding hydrogens is 314 g/mol. The van der Waals surface area contributed by atoms with Crippen LogP contribution in [0.25, 0.3) is 16.9 Å². The third-order valence-corrected chi connectivity index (χ3v) is 5.07. The Bertz CT molecular complexity index is 970. The molecule has 7 nitrogen and oxygen atoms in total. The lowest BCUT2D eigenvalue weighted by Crippen LogP contribution is -2.27. The Morgan fingerprint density at radius 3 is 2.61 bits per heavy atom. The number of sulfonamides is 1. The molecule has 1 aromatic carbocycles. The number of imidazole rings is 2. The molecule has 2 aromatic heterocycles. The Hall–Kier alpha value is -2.61. The van der Waals surface area contributed by atoms with Crippen LogP contribution >= 0.6 is 0 Å². The summed E-state index contributed by atoms with van der Waals surface area (Å²) in [7, 11) is -3.27. The van der Waals surface area contributed by atoms with E-state index in [-0.39, 0.29) is 5.75 Å². The fourth-order valence-corrected chi connectivity index (χ4v) is 3.69. The molecule has 0 fully saturated rings. The van der Waals surface area contributed by atoms with E-state index in [1.54, 1.807) is 12.7 Å². The fourth-order valence-electron chi connectivity index (χ4n) is 2.64. The summed E-state index contributed by atoms with van der Waals surface area (Å²) in [4.78, 5) is 8.57. The Kier molecular flexibility index (Phi) is 3.02. The van der Waals surface area contributed by atoms with Crippen LogP contribution < -0.4 is 4.72 Å². The minimum absolute atomic E-state index is 0.0781. The first kappa shape index (κ1) is 14.0. The van der Waals surface area contributed by atoms with Gasteiger partial charge >= 0.3 is 0 Å². The van der Waals surface area contributed by atoms with Gasteiger partial charge in [-0.15, -0.1) is 0 Å². The van der Waals surface area contributed by atoms with Crippen molar-refractivity contribution in [1.82, 2.24) is 19.1 Å². The molecule has 0 spiro atoms. The maximum Gasteiger partial charge on any atom is 0.235 e. The maximum absolute atomic E-state index is 11.8. The van der Waals surface area contributed by atoms with E-state index in [9.17, 15) is 8.42 Å². The van der Waals surface area contributed by atoms with Gasteiger partial charge in [-0.2, -0.15) is 0 Å². The van der Waals surface area contributed by atoms with Gasteiger partial charge in [0.2, 0.25) is 10.0 Å². The highest BCUT2D eigenvalue weighted by atomic mass is 32.2. The van der Waals surface area contributed by atoms with Crippen molar-refractivity contribution < 1.29 is 8.42 Å². The van der Waals surface area contributed by atoms with Gasteiger partial charge in [0.1, 0.15) is 11.5 Å². The molecule has 1 N–H and O–H groups in total. The molecule has 0 amide bonds. The predicted molar refractivity (Wildman–Crippen MR) is 86.9 cm³/mol. The first-order valence-corrected chi connectivity index (χ1v) is 8.84. The number of nitrogens with one attached hydrogen (secondary N) is 1. The monoisotopic (exact) mass is 329 g/mol. The van der Waals surface area contributed by atoms with Crippen LogP contribution in [0.4, 0.5) is 5.82 Å². The molecule has 0 aliphatic carbocycles. The lowest BCUT2D eigenvalue weighted by atomic mass is 10.1. The van der Waals surface area contributed by atoms with Crippen molar-refractivity contribution in [3.63, 3.8) is 0 Å². The number of hydrogen-bond acceptors (Lipinski definition) is 4. The number of rotatable bonds is 2. The third-order valence-electron chi connectivity index (χ3n) is 3.84. The number of aromatic nitrogens is 4. The molecule has 3 heterocycles. The van der Waals surface area contributed by atoms with Crippen LogP contribution in [0, 0.1) is 6.92 Å². The molecule has 0 unspecified atom stereocenters. The van der Waals surface area contributed by atoms with E-state index in [1.165, 1.54) is 0 Å². The summed E-state index contributed by atoms with van der Waals surface area (Å²) in [6, 6.07) is 7.77. The second kappa shape index (κ2) is 4.95. The summed E-state index contributed by atoms with van der Waals surface area (Å²) in [5, 5.41) is 0. The van der Waals surface area contributed by atoms with Gasteiger partial charge in [0.25, 0.3) is 0 Å². The maximum atomic E-state index is 11.8. The molecule has 118 valence electrons. The number of fused-ring (bicyclic) bond motifs is 1. The number of aryl methyl sites for hydroxylation is 2. The van der Waals surface area contributed by atoms with E-state index >= 15 is 0 Å². The number of anilines is 1. The largest absolute Gasteiger partial charge is 0.315 e. The van der Waals surface area contributed by atoms with Crippen molar-refractivity contribution in [3.05, 3.63) is 48.8 Å². The zero-order valence-corrected chi connectivity index (χ0v) is 13.3. The minimum Gasteiger partial charge on any atom is -0.315 e. The molecule has 23 heavy (non-hydrogen) atoms. The molecule has 0 atom stereocenters. The summed E-state index contributed by atoms with van der Waals surface area (Å²) in [5.41, 5.74) is 3.44. The topological polar surface area (TPSA) is 81.8 Å². The van der Waals surface area contributed by atoms with Crippen LogP contribution in [0.5, 0.6) is 0 Å². The van der Waals surface area contributed by atoms with E-state index in [2.05, 4.69) is 14.7 Å². The van der Waals surface area contributed by atoms with E-state index in [4.69, 9.17) is 0 Å². The molecule has 1 aliphatic heterocycles. The average molecular weight is 329 g/mol. The Morgan fingerprint density at radius 2 is 1.91 bits per heavy atom. The lowest BCUT2D eigenvalue weighted by Gasteiger charge is -2.17. The highest BCUT2D eigenvalue weighted by Gasteiger charge is 2.24. The third kappa shape index (κ3) is 2.50. The molecule has 0 radical (unpaired) electrons. The van der Waals surface area contributed by atoms with E-state index in [0.29, 0.717) is 18.1 Å². The molecule has 4 rings (SSSR count). The summed E-state index contributed by atoms with van der Waals surface area (Å²) in [6.07, 6.45) is 5.37. The van der Waals surface area contributed by atoms with Gasteiger partial charge in [-0.1, -0.05) is 12.1 Å². The zero-order valence-electron chi connectivity index (χ0n) is 12.5. The van der Waals surface area contributed by atoms with Gasteiger partial charge in [-0.3, -0.25) is 4.72 Å². The second-order valence-electron chi connectivity index (χ2n) is 5.53. The van der Waals surface area contributed by atoms with Crippen molar-refractivity contribution in [2.45, 2.75) is 13.5 Å². The molecular formula is C15H15N5O2S. The number of benzene rings is 1. The van der Waals surface area contributed by atoms with Crippen molar-refractivity contribution in [2.75, 3.05) is 10.5 Å². The first-order valence-electron chi connectivity index (χ1n) is 7.19. The normalized spacial score (nSPS) is 15.9. The highest BCUT2D eigenvalue weighted by molar-refractivity contribution is 7.92. The summed E-state index contributed by atoms with van der Waals surface area (Å²) in [5.74, 6) is 0.608. The first-order chi connectivity index (χ1) is 11.0. The van der Waals surface area contributed by atoms with Gasteiger partial charge < -0.3 is 9.13 Å². The van der Waals surface area contributed by atoms with E-state index in [0.717, 1.165) is 16.9 Å². The number of hydrogen-bond donors (Lipinski definition) is 1. The van der Waals surface area contributed by atoms with Crippen LogP contribution in [-0.2, 0) is 16.6 Å². The van der Waals surface area contributed by atoms with Crippen LogP contribution in [0.1, 0.15) is 5.69 Å². The molecule has 0 bridgehead atoms. The van der Waals surface area contributed by atoms with Crippen LogP contribution in [0.15, 0.2) is 43.1 Å². The molecule has 3 aromatic rings. The predicted octanol–water partition coefficient (Wildman–Crippen LogP) is 1.80. The van der Waals surface area contributed by atoms with Crippen LogP contribution in [0.2, 0.25) is 0 Å². The highest BCUT2D eigenvalue weighted by Crippen LogP contribution is 2.30. The summed E-state index contributed by atoms with van der Waals surface area (Å²) in [6.45, 7) is 2.36. The van der Waals surface area contributed by atoms with Gasteiger partial charge in [-0.05, 0) is 19.1 Å². The smallest absolute Gasteiger partial charge is 0.235 e.